The summed E-state index contributed by atoms with van der Waals surface area (Å²) in [5.41, 5.74) is 4.76. The number of aliphatic carboxylic acids is 2. The second-order valence-electron chi connectivity index (χ2n) is 7.44. The predicted octanol–water partition coefficient (Wildman–Crippen LogP) is 4.89. The van der Waals surface area contributed by atoms with Gasteiger partial charge in [-0.25, -0.2) is 9.59 Å². The van der Waals surface area contributed by atoms with Crippen molar-refractivity contribution in [1.29, 1.82) is 0 Å². The third-order valence-corrected chi connectivity index (χ3v) is 5.16. The molecule has 0 amide bonds. The third kappa shape index (κ3) is 8.26. The zero-order valence-electron chi connectivity index (χ0n) is 19.8. The minimum absolute atomic E-state index is 0.558. The van der Waals surface area contributed by atoms with E-state index < -0.39 is 11.9 Å². The van der Waals surface area contributed by atoms with Crippen LogP contribution in [0.15, 0.2) is 78.9 Å². The Balaban J connectivity index is 0.000000440. The van der Waals surface area contributed by atoms with Gasteiger partial charge in [0.15, 0.2) is 0 Å². The number of carboxylic acids is 2. The van der Waals surface area contributed by atoms with Crippen LogP contribution in [-0.4, -0.2) is 57.9 Å². The van der Waals surface area contributed by atoms with E-state index in [-0.39, 0.29) is 0 Å². The first-order chi connectivity index (χ1) is 16.3. The summed E-state index contributed by atoms with van der Waals surface area (Å²) in [5.74, 6) is -1.60. The lowest BCUT2D eigenvalue weighted by atomic mass is 10.1. The fourth-order valence-electron chi connectivity index (χ4n) is 3.40. The van der Waals surface area contributed by atoms with Crippen LogP contribution in [-0.2, 0) is 9.59 Å². The lowest BCUT2D eigenvalue weighted by Crippen LogP contribution is -2.27. The molecule has 1 aromatic heterocycles. The van der Waals surface area contributed by atoms with Gasteiger partial charge in [-0.2, -0.15) is 0 Å². The summed E-state index contributed by atoms with van der Waals surface area (Å²) >= 11 is 0. The van der Waals surface area contributed by atoms with Crippen LogP contribution in [0, 0.1) is 6.92 Å². The van der Waals surface area contributed by atoms with Crippen molar-refractivity contribution in [1.82, 2.24) is 9.47 Å². The van der Waals surface area contributed by atoms with E-state index in [1.165, 1.54) is 17.0 Å². The molecule has 0 atom stereocenters. The summed E-state index contributed by atoms with van der Waals surface area (Å²) in [6.45, 7) is 10.3. The number of benzene rings is 2. The fraction of sp³-hybridized carbons (Fsp3) is 0.259. The smallest absolute Gasteiger partial charge is 0.328 e. The molecule has 34 heavy (non-hydrogen) atoms. The number of hydrogen-bond donors (Lipinski definition) is 2. The lowest BCUT2D eigenvalue weighted by molar-refractivity contribution is -0.134. The maximum absolute atomic E-state index is 9.55. The summed E-state index contributed by atoms with van der Waals surface area (Å²) < 4.78 is 8.29. The van der Waals surface area contributed by atoms with Crippen LogP contribution in [0.25, 0.3) is 16.9 Å². The van der Waals surface area contributed by atoms with E-state index in [2.05, 4.69) is 84.8 Å². The van der Waals surface area contributed by atoms with Crippen molar-refractivity contribution in [3.63, 3.8) is 0 Å². The van der Waals surface area contributed by atoms with Crippen LogP contribution in [0.5, 0.6) is 5.75 Å². The van der Waals surface area contributed by atoms with Gasteiger partial charge in [0.1, 0.15) is 12.4 Å². The molecule has 3 aromatic rings. The maximum Gasteiger partial charge on any atom is 0.328 e. The Morgan fingerprint density at radius 1 is 0.912 bits per heavy atom. The van der Waals surface area contributed by atoms with Crippen molar-refractivity contribution >= 4 is 11.9 Å². The largest absolute Gasteiger partial charge is 0.492 e. The molecule has 0 unspecified atom stereocenters. The van der Waals surface area contributed by atoms with Gasteiger partial charge in [0.05, 0.1) is 5.69 Å². The minimum atomic E-state index is -1.26. The van der Waals surface area contributed by atoms with Crippen LogP contribution in [0.3, 0.4) is 0 Å². The molecule has 0 aliphatic rings. The SMILES string of the molecule is CCN(CC)CCOc1cccc(-n2c(C)ccc2-c2ccccc2)c1.O=C(O)/C=C\C(=O)O. The standard InChI is InChI=1S/C23H28N2O.C4H4O4/c1-4-24(5-2)16-17-26-22-13-9-12-21(18-22)25-19(3)14-15-23(25)20-10-7-6-8-11-20;5-3(6)1-2-4(7)8/h6-15,18H,4-5,16-17H2,1-3H3;1-2H,(H,5,6)(H,7,8)/b;2-1-. The Kier molecular flexibility index (Phi) is 10.6. The number of nitrogens with zero attached hydrogens (tertiary/aromatic N) is 2. The van der Waals surface area contributed by atoms with Crippen LogP contribution in [0.2, 0.25) is 0 Å². The van der Waals surface area contributed by atoms with Crippen molar-refractivity contribution in [3.05, 3.63) is 84.6 Å². The number of rotatable bonds is 10. The molecule has 2 N–H and O–H groups in total. The van der Waals surface area contributed by atoms with Gasteiger partial charge in [0.2, 0.25) is 0 Å². The second kappa shape index (κ2) is 13.6. The van der Waals surface area contributed by atoms with E-state index >= 15 is 0 Å². The molecule has 7 nitrogen and oxygen atoms in total. The van der Waals surface area contributed by atoms with E-state index in [0.29, 0.717) is 18.8 Å². The highest BCUT2D eigenvalue weighted by Gasteiger charge is 2.10. The van der Waals surface area contributed by atoms with Crippen molar-refractivity contribution in [2.24, 2.45) is 0 Å². The average molecular weight is 465 g/mol. The number of carbonyl (C=O) groups is 2. The second-order valence-corrected chi connectivity index (χ2v) is 7.44. The molecule has 0 spiro atoms. The number of ether oxygens (including phenoxy) is 1. The molecule has 0 bridgehead atoms. The van der Waals surface area contributed by atoms with Gasteiger partial charge in [-0.05, 0) is 49.8 Å². The molecule has 0 aliphatic carbocycles. The molecule has 3 rings (SSSR count). The minimum Gasteiger partial charge on any atom is -0.492 e. The molecule has 7 heteroatoms. The predicted molar refractivity (Wildman–Crippen MR) is 134 cm³/mol. The Morgan fingerprint density at radius 2 is 1.56 bits per heavy atom. The van der Waals surface area contributed by atoms with Gasteiger partial charge in [-0.3, -0.25) is 0 Å². The first kappa shape index (κ1) is 26.4. The molecular formula is C27H32N2O5. The van der Waals surface area contributed by atoms with Crippen LogP contribution >= 0.6 is 0 Å². The molecule has 1 heterocycles. The Morgan fingerprint density at radius 3 is 2.15 bits per heavy atom. The summed E-state index contributed by atoms with van der Waals surface area (Å²) in [4.78, 5) is 21.5. The van der Waals surface area contributed by atoms with Gasteiger partial charge in [-0.15, -0.1) is 0 Å². The molecule has 0 fully saturated rings. The van der Waals surface area contributed by atoms with Crippen LogP contribution < -0.4 is 4.74 Å². The number of aryl methyl sites for hydroxylation is 1. The van der Waals surface area contributed by atoms with Gasteiger partial charge in [0.25, 0.3) is 0 Å². The van der Waals surface area contributed by atoms with E-state index in [1.807, 2.05) is 12.1 Å². The summed E-state index contributed by atoms with van der Waals surface area (Å²) in [7, 11) is 0. The highest BCUT2D eigenvalue weighted by molar-refractivity contribution is 5.89. The van der Waals surface area contributed by atoms with E-state index in [0.717, 1.165) is 31.1 Å². The maximum atomic E-state index is 9.55. The zero-order valence-corrected chi connectivity index (χ0v) is 19.8. The first-order valence-corrected chi connectivity index (χ1v) is 11.2. The number of aromatic nitrogens is 1. The topological polar surface area (TPSA) is 92.0 Å². The van der Waals surface area contributed by atoms with Gasteiger partial charge < -0.3 is 24.4 Å². The van der Waals surface area contributed by atoms with Gasteiger partial charge >= 0.3 is 11.9 Å². The zero-order chi connectivity index (χ0) is 24.9. The molecule has 0 saturated carbocycles. The van der Waals surface area contributed by atoms with Crippen LogP contribution in [0.4, 0.5) is 0 Å². The molecule has 180 valence electrons. The normalized spacial score (nSPS) is 10.7. The van der Waals surface area contributed by atoms with Crippen molar-refractivity contribution in [3.8, 4) is 22.7 Å². The highest BCUT2D eigenvalue weighted by atomic mass is 16.5. The van der Waals surface area contributed by atoms with Crippen molar-refractivity contribution in [2.75, 3.05) is 26.2 Å². The fourth-order valence-corrected chi connectivity index (χ4v) is 3.40. The summed E-state index contributed by atoms with van der Waals surface area (Å²) in [6, 6.07) is 23.2. The summed E-state index contributed by atoms with van der Waals surface area (Å²) in [5, 5.41) is 15.6. The van der Waals surface area contributed by atoms with Gasteiger partial charge in [0, 0.05) is 36.1 Å². The van der Waals surface area contributed by atoms with E-state index in [4.69, 9.17) is 14.9 Å². The van der Waals surface area contributed by atoms with E-state index in [9.17, 15) is 9.59 Å². The molecule has 0 saturated heterocycles. The third-order valence-electron chi connectivity index (χ3n) is 5.16. The summed E-state index contributed by atoms with van der Waals surface area (Å²) in [6.07, 6.45) is 1.12. The first-order valence-electron chi connectivity index (χ1n) is 11.2. The Labute approximate surface area is 200 Å². The molecule has 0 radical (unpaired) electrons. The van der Waals surface area contributed by atoms with Gasteiger partial charge in [-0.1, -0.05) is 50.2 Å². The Hall–Kier alpha value is -3.84. The Bertz CT molecular complexity index is 1070. The van der Waals surface area contributed by atoms with E-state index in [1.54, 1.807) is 0 Å². The van der Waals surface area contributed by atoms with Crippen molar-refractivity contribution < 1.29 is 24.5 Å². The van der Waals surface area contributed by atoms with Crippen LogP contribution in [0.1, 0.15) is 19.5 Å². The number of hydrogen-bond acceptors (Lipinski definition) is 4. The average Bonchev–Trinajstić information content (AvgIpc) is 3.23. The quantitative estimate of drug-likeness (QED) is 0.415. The molecule has 2 aromatic carbocycles. The van der Waals surface area contributed by atoms with Crippen molar-refractivity contribution in [2.45, 2.75) is 20.8 Å². The molecule has 0 aliphatic heterocycles. The lowest BCUT2D eigenvalue weighted by Gasteiger charge is -2.18. The highest BCUT2D eigenvalue weighted by Crippen LogP contribution is 2.28. The number of likely N-dealkylation sites (N-methyl/N-ethyl adjacent to an activating group) is 1. The monoisotopic (exact) mass is 464 g/mol. The molecular weight excluding hydrogens is 432 g/mol. The number of carboxylic acid groups (broad SMARTS) is 2.